The largest absolute Gasteiger partial charge is 0.492 e. The summed E-state index contributed by atoms with van der Waals surface area (Å²) in [6.45, 7) is 1.59. The van der Waals surface area contributed by atoms with Crippen molar-refractivity contribution in [3.05, 3.63) is 23.3 Å². The van der Waals surface area contributed by atoms with Gasteiger partial charge in [0.2, 0.25) is 0 Å². The molecule has 0 aliphatic carbocycles. The maximum Gasteiger partial charge on any atom is 0.166 e. The smallest absolute Gasteiger partial charge is 0.166 e. The van der Waals surface area contributed by atoms with E-state index >= 15 is 0 Å². The number of rotatable bonds is 5. The van der Waals surface area contributed by atoms with Crippen LogP contribution < -0.4 is 14.8 Å². The molecule has 2 rings (SSSR count). The summed E-state index contributed by atoms with van der Waals surface area (Å²) in [6.07, 6.45) is 3.64. The number of piperidine rings is 1. The van der Waals surface area contributed by atoms with Crippen molar-refractivity contribution < 1.29 is 14.2 Å². The molecule has 1 heterocycles. The molecule has 1 aliphatic rings. The lowest BCUT2D eigenvalue weighted by Gasteiger charge is -2.26. The lowest BCUT2D eigenvalue weighted by Crippen LogP contribution is -2.27. The van der Waals surface area contributed by atoms with Crippen molar-refractivity contribution in [3.63, 3.8) is 0 Å². The quantitative estimate of drug-likeness (QED) is 0.888. The molecule has 0 spiro atoms. The van der Waals surface area contributed by atoms with Crippen LogP contribution in [-0.2, 0) is 11.3 Å². The molecule has 4 nitrogen and oxygen atoms in total. The lowest BCUT2D eigenvalue weighted by atomic mass is 9.95. The molecule has 0 radical (unpaired) electrons. The highest BCUT2D eigenvalue weighted by molar-refractivity contribution is 5.53. The molecule has 0 amide bonds. The van der Waals surface area contributed by atoms with E-state index in [1.165, 1.54) is 18.4 Å². The van der Waals surface area contributed by atoms with Crippen molar-refractivity contribution in [1.29, 1.82) is 0 Å². The summed E-state index contributed by atoms with van der Waals surface area (Å²) in [5.74, 6) is 1.62. The maximum absolute atomic E-state index is 5.59. The van der Waals surface area contributed by atoms with Crippen LogP contribution in [0.2, 0.25) is 0 Å². The summed E-state index contributed by atoms with van der Waals surface area (Å²) < 4.78 is 16.3. The minimum absolute atomic E-state index is 0.356. The van der Waals surface area contributed by atoms with Gasteiger partial charge in [-0.2, -0.15) is 0 Å². The predicted molar refractivity (Wildman–Crippen MR) is 74.9 cm³/mol. The lowest BCUT2D eigenvalue weighted by molar-refractivity contribution is 0.180. The van der Waals surface area contributed by atoms with Crippen molar-refractivity contribution >= 4 is 0 Å². The molecule has 1 N–H and O–H groups in total. The molecule has 1 aromatic rings. The fourth-order valence-electron chi connectivity index (χ4n) is 2.71. The molecule has 1 fully saturated rings. The Morgan fingerprint density at radius 2 is 1.89 bits per heavy atom. The van der Waals surface area contributed by atoms with Gasteiger partial charge < -0.3 is 19.5 Å². The molecule has 0 bridgehead atoms. The zero-order chi connectivity index (χ0) is 13.7. The second kappa shape index (κ2) is 6.78. The first-order valence-corrected chi connectivity index (χ1v) is 6.78. The number of nitrogens with one attached hydrogen (secondary N) is 1. The first kappa shape index (κ1) is 14.2. The number of methoxy groups -OCH3 is 3. The zero-order valence-corrected chi connectivity index (χ0v) is 12.0. The SMILES string of the molecule is COCc1ccc(C2CCCCN2)c(OC)c1OC. The van der Waals surface area contributed by atoms with Crippen molar-refractivity contribution in [1.82, 2.24) is 5.32 Å². The van der Waals surface area contributed by atoms with Crippen molar-refractivity contribution in [2.45, 2.75) is 31.9 Å². The predicted octanol–water partition coefficient (Wildman–Crippen LogP) is 2.66. The zero-order valence-electron chi connectivity index (χ0n) is 12.0. The van der Waals surface area contributed by atoms with Gasteiger partial charge in [-0.15, -0.1) is 0 Å². The summed E-state index contributed by atoms with van der Waals surface area (Å²) in [5.41, 5.74) is 2.19. The van der Waals surface area contributed by atoms with Crippen LogP contribution in [0.5, 0.6) is 11.5 Å². The number of ether oxygens (including phenoxy) is 3. The van der Waals surface area contributed by atoms with Crippen LogP contribution >= 0.6 is 0 Å². The molecular weight excluding hydrogens is 242 g/mol. The summed E-state index contributed by atoms with van der Waals surface area (Å²) in [7, 11) is 5.05. The van der Waals surface area contributed by atoms with Gasteiger partial charge in [-0.1, -0.05) is 18.6 Å². The minimum atomic E-state index is 0.356. The van der Waals surface area contributed by atoms with Gasteiger partial charge in [0.15, 0.2) is 11.5 Å². The van der Waals surface area contributed by atoms with Crippen LogP contribution in [0.15, 0.2) is 12.1 Å². The van der Waals surface area contributed by atoms with E-state index in [1.54, 1.807) is 21.3 Å². The standard InChI is InChI=1S/C15H23NO3/c1-17-10-11-7-8-12(13-6-4-5-9-16-13)15(19-3)14(11)18-2/h7-8,13,16H,4-6,9-10H2,1-3H3. The molecule has 0 aromatic heterocycles. The topological polar surface area (TPSA) is 39.7 Å². The molecule has 1 aromatic carbocycles. The normalized spacial score (nSPS) is 19.2. The van der Waals surface area contributed by atoms with Crippen LogP contribution in [0.4, 0.5) is 0 Å². The third-order valence-corrected chi connectivity index (χ3v) is 3.62. The molecular formula is C15H23NO3. The number of benzene rings is 1. The second-order valence-electron chi connectivity index (χ2n) is 4.82. The average Bonchev–Trinajstić information content (AvgIpc) is 2.47. The number of hydrogen-bond donors (Lipinski definition) is 1. The van der Waals surface area contributed by atoms with E-state index in [4.69, 9.17) is 14.2 Å². The Morgan fingerprint density at radius 3 is 2.47 bits per heavy atom. The van der Waals surface area contributed by atoms with Gasteiger partial charge in [0, 0.05) is 24.3 Å². The minimum Gasteiger partial charge on any atom is -0.492 e. The Balaban J connectivity index is 2.37. The summed E-state index contributed by atoms with van der Waals surface area (Å²) in [6, 6.07) is 4.55. The summed E-state index contributed by atoms with van der Waals surface area (Å²) in [5, 5.41) is 3.55. The van der Waals surface area contributed by atoms with Gasteiger partial charge in [0.25, 0.3) is 0 Å². The summed E-state index contributed by atoms with van der Waals surface area (Å²) in [4.78, 5) is 0. The van der Waals surface area contributed by atoms with E-state index in [1.807, 2.05) is 0 Å². The van der Waals surface area contributed by atoms with Gasteiger partial charge >= 0.3 is 0 Å². The number of hydrogen-bond acceptors (Lipinski definition) is 4. The van der Waals surface area contributed by atoms with Gasteiger partial charge in [-0.05, 0) is 19.4 Å². The highest BCUT2D eigenvalue weighted by Crippen LogP contribution is 2.40. The third kappa shape index (κ3) is 3.01. The molecule has 1 saturated heterocycles. The van der Waals surface area contributed by atoms with Crippen LogP contribution in [0.25, 0.3) is 0 Å². The highest BCUT2D eigenvalue weighted by atomic mass is 16.5. The molecule has 1 aliphatic heterocycles. The maximum atomic E-state index is 5.59. The fraction of sp³-hybridized carbons (Fsp3) is 0.600. The fourth-order valence-corrected chi connectivity index (χ4v) is 2.71. The van der Waals surface area contributed by atoms with Gasteiger partial charge in [-0.25, -0.2) is 0 Å². The van der Waals surface area contributed by atoms with E-state index in [-0.39, 0.29) is 0 Å². The summed E-state index contributed by atoms with van der Waals surface area (Å²) >= 11 is 0. The average molecular weight is 265 g/mol. The van der Waals surface area contributed by atoms with Crippen LogP contribution in [-0.4, -0.2) is 27.9 Å². The Hall–Kier alpha value is -1.26. The molecule has 106 valence electrons. The Kier molecular flexibility index (Phi) is 5.05. The van der Waals surface area contributed by atoms with E-state index in [0.29, 0.717) is 12.6 Å². The van der Waals surface area contributed by atoms with Gasteiger partial charge in [0.05, 0.1) is 20.8 Å². The Labute approximate surface area is 115 Å². The van der Waals surface area contributed by atoms with E-state index in [9.17, 15) is 0 Å². The van der Waals surface area contributed by atoms with E-state index < -0.39 is 0 Å². The van der Waals surface area contributed by atoms with Crippen molar-refractivity contribution in [3.8, 4) is 11.5 Å². The van der Waals surface area contributed by atoms with Gasteiger partial charge in [-0.3, -0.25) is 0 Å². The third-order valence-electron chi connectivity index (χ3n) is 3.62. The first-order chi connectivity index (χ1) is 9.31. The molecule has 1 atom stereocenters. The van der Waals surface area contributed by atoms with Crippen molar-refractivity contribution in [2.24, 2.45) is 0 Å². The van der Waals surface area contributed by atoms with Crippen LogP contribution in [0.1, 0.15) is 36.4 Å². The van der Waals surface area contributed by atoms with Gasteiger partial charge in [0.1, 0.15) is 0 Å². The Bertz CT molecular complexity index is 414. The monoisotopic (exact) mass is 265 g/mol. The first-order valence-electron chi connectivity index (χ1n) is 6.78. The van der Waals surface area contributed by atoms with E-state index in [2.05, 4.69) is 17.4 Å². The van der Waals surface area contributed by atoms with Crippen LogP contribution in [0.3, 0.4) is 0 Å². The highest BCUT2D eigenvalue weighted by Gasteiger charge is 2.22. The van der Waals surface area contributed by atoms with Crippen LogP contribution in [0, 0.1) is 0 Å². The Morgan fingerprint density at radius 1 is 1.11 bits per heavy atom. The molecule has 19 heavy (non-hydrogen) atoms. The molecule has 1 unspecified atom stereocenters. The second-order valence-corrected chi connectivity index (χ2v) is 4.82. The van der Waals surface area contributed by atoms with E-state index in [0.717, 1.165) is 30.0 Å². The molecule has 4 heteroatoms. The molecule has 0 saturated carbocycles. The van der Waals surface area contributed by atoms with Crippen molar-refractivity contribution in [2.75, 3.05) is 27.9 Å².